The largest absolute Gasteiger partial charge is 0.416 e. The Hall–Kier alpha value is -1.61. The minimum atomic E-state index is -4.34. The highest BCUT2D eigenvalue weighted by Gasteiger charge is 2.34. The van der Waals surface area contributed by atoms with Gasteiger partial charge in [-0.1, -0.05) is 6.07 Å². The quantitative estimate of drug-likeness (QED) is 0.559. The summed E-state index contributed by atoms with van der Waals surface area (Å²) in [5, 5.41) is 0. The summed E-state index contributed by atoms with van der Waals surface area (Å²) in [6.45, 7) is 1.76. The first-order valence-corrected chi connectivity index (χ1v) is 5.62. The number of fused-ring (bicyclic) bond motifs is 1. The average molecular weight is 255 g/mol. The van der Waals surface area contributed by atoms with Crippen LogP contribution in [0, 0.1) is 0 Å². The highest BCUT2D eigenvalue weighted by molar-refractivity contribution is 5.40. The molecule has 0 saturated heterocycles. The molecule has 0 spiro atoms. The molecular weight excluding hydrogens is 243 g/mol. The third-order valence-corrected chi connectivity index (χ3v) is 3.35. The molecule has 1 aromatic rings. The van der Waals surface area contributed by atoms with Crippen LogP contribution in [0.5, 0.6) is 0 Å². The predicted octanol–water partition coefficient (Wildman–Crippen LogP) is 3.29. The van der Waals surface area contributed by atoms with Crippen molar-refractivity contribution in [1.29, 1.82) is 0 Å². The van der Waals surface area contributed by atoms with Crippen molar-refractivity contribution in [2.24, 2.45) is 4.99 Å². The maximum atomic E-state index is 12.6. The van der Waals surface area contributed by atoms with E-state index >= 15 is 0 Å². The lowest BCUT2D eigenvalue weighted by Gasteiger charge is -2.30. The Morgan fingerprint density at radius 2 is 2.06 bits per heavy atom. The van der Waals surface area contributed by atoms with Gasteiger partial charge in [0, 0.05) is 0 Å². The maximum Gasteiger partial charge on any atom is 0.416 e. The number of aliphatic imine (C=N–C) groups is 1. The van der Waals surface area contributed by atoms with Gasteiger partial charge in [0.1, 0.15) is 0 Å². The molecule has 5 heteroatoms. The van der Waals surface area contributed by atoms with Crippen molar-refractivity contribution in [2.75, 3.05) is 0 Å². The van der Waals surface area contributed by atoms with Gasteiger partial charge in [0.05, 0.1) is 11.1 Å². The Morgan fingerprint density at radius 3 is 2.67 bits per heavy atom. The summed E-state index contributed by atoms with van der Waals surface area (Å²) in [4.78, 5) is 14.1. The smallest absolute Gasteiger partial charge is 0.211 e. The number of benzene rings is 1. The molecule has 0 aromatic heterocycles. The maximum absolute atomic E-state index is 12.6. The molecule has 2 rings (SSSR count). The molecule has 96 valence electrons. The van der Waals surface area contributed by atoms with Crippen LogP contribution in [0.3, 0.4) is 0 Å². The average Bonchev–Trinajstić information content (AvgIpc) is 2.26. The van der Waals surface area contributed by atoms with Crippen LogP contribution in [-0.2, 0) is 23.8 Å². The molecule has 0 aliphatic heterocycles. The molecule has 1 aromatic carbocycles. The number of isocyanates is 1. The third-order valence-electron chi connectivity index (χ3n) is 3.35. The Kier molecular flexibility index (Phi) is 3.03. The van der Waals surface area contributed by atoms with Crippen LogP contribution in [0.25, 0.3) is 0 Å². The summed E-state index contributed by atoms with van der Waals surface area (Å²) >= 11 is 0. The first kappa shape index (κ1) is 12.8. The van der Waals surface area contributed by atoms with Gasteiger partial charge in [-0.2, -0.15) is 18.2 Å². The fraction of sp³-hybridized carbons (Fsp3) is 0.462. The Morgan fingerprint density at radius 1 is 1.33 bits per heavy atom. The molecule has 0 N–H and O–H groups in total. The summed E-state index contributed by atoms with van der Waals surface area (Å²) in [5.74, 6) is 0. The second kappa shape index (κ2) is 4.25. The molecular formula is C13H12F3NO. The van der Waals surface area contributed by atoms with Crippen LogP contribution >= 0.6 is 0 Å². The Balaban J connectivity index is 2.39. The molecule has 0 amide bonds. The van der Waals surface area contributed by atoms with Crippen LogP contribution in [0.4, 0.5) is 13.2 Å². The SMILES string of the molecule is CC1(N=C=O)CCc2ccc(C(F)(F)F)cc2C1. The molecule has 0 saturated carbocycles. The van der Waals surface area contributed by atoms with Gasteiger partial charge < -0.3 is 0 Å². The van der Waals surface area contributed by atoms with Crippen molar-refractivity contribution in [3.63, 3.8) is 0 Å². The number of hydrogen-bond acceptors (Lipinski definition) is 2. The summed E-state index contributed by atoms with van der Waals surface area (Å²) in [5.41, 5.74) is 0.249. The zero-order valence-electron chi connectivity index (χ0n) is 9.84. The van der Waals surface area contributed by atoms with Crippen LogP contribution in [0.1, 0.15) is 30.0 Å². The fourth-order valence-electron chi connectivity index (χ4n) is 2.32. The third kappa shape index (κ3) is 2.46. The summed E-state index contributed by atoms with van der Waals surface area (Å²) in [6.07, 6.45) is -1.19. The fourth-order valence-corrected chi connectivity index (χ4v) is 2.32. The van der Waals surface area contributed by atoms with E-state index < -0.39 is 17.3 Å². The standard InChI is InChI=1S/C13H12F3NO/c1-12(17-8-18)5-4-9-2-3-11(13(14,15)16)6-10(9)7-12/h2-3,6H,4-5,7H2,1H3. The zero-order valence-corrected chi connectivity index (χ0v) is 9.84. The number of halogens is 3. The van der Waals surface area contributed by atoms with E-state index in [9.17, 15) is 18.0 Å². The topological polar surface area (TPSA) is 29.4 Å². The highest BCUT2D eigenvalue weighted by atomic mass is 19.4. The van der Waals surface area contributed by atoms with Crippen LogP contribution < -0.4 is 0 Å². The van der Waals surface area contributed by atoms with Gasteiger partial charge in [0.2, 0.25) is 6.08 Å². The molecule has 1 unspecified atom stereocenters. The minimum Gasteiger partial charge on any atom is -0.211 e. The van der Waals surface area contributed by atoms with Crippen molar-refractivity contribution in [1.82, 2.24) is 0 Å². The second-order valence-corrected chi connectivity index (χ2v) is 4.86. The van der Waals surface area contributed by atoms with Crippen LogP contribution in [-0.4, -0.2) is 11.6 Å². The number of nitrogens with zero attached hydrogens (tertiary/aromatic N) is 1. The molecule has 18 heavy (non-hydrogen) atoms. The number of alkyl halides is 3. The number of rotatable bonds is 1. The number of aryl methyl sites for hydroxylation is 1. The molecule has 0 bridgehead atoms. The van der Waals surface area contributed by atoms with E-state index in [-0.39, 0.29) is 0 Å². The highest BCUT2D eigenvalue weighted by Crippen LogP contribution is 2.35. The monoisotopic (exact) mass is 255 g/mol. The molecule has 1 aliphatic carbocycles. The normalized spacial score (nSPS) is 23.1. The molecule has 0 heterocycles. The summed E-state index contributed by atoms with van der Waals surface area (Å²) in [7, 11) is 0. The van der Waals surface area contributed by atoms with E-state index in [1.165, 1.54) is 12.1 Å². The number of carbonyl (C=O) groups excluding carboxylic acids is 1. The van der Waals surface area contributed by atoms with Crippen molar-refractivity contribution in [3.05, 3.63) is 34.9 Å². The van der Waals surface area contributed by atoms with Gasteiger partial charge >= 0.3 is 6.18 Å². The zero-order chi connectivity index (χ0) is 13.4. The molecule has 1 atom stereocenters. The first-order chi connectivity index (χ1) is 8.34. The van der Waals surface area contributed by atoms with E-state index in [0.717, 1.165) is 17.7 Å². The Bertz CT molecular complexity index is 517. The lowest BCUT2D eigenvalue weighted by Crippen LogP contribution is -2.30. The summed E-state index contributed by atoms with van der Waals surface area (Å²) < 4.78 is 37.8. The van der Waals surface area contributed by atoms with E-state index in [1.54, 1.807) is 6.92 Å². The van der Waals surface area contributed by atoms with E-state index in [4.69, 9.17) is 0 Å². The van der Waals surface area contributed by atoms with E-state index in [1.807, 2.05) is 0 Å². The number of hydrogen-bond donors (Lipinski definition) is 0. The van der Waals surface area contributed by atoms with Gasteiger partial charge in [-0.15, -0.1) is 0 Å². The predicted molar refractivity (Wildman–Crippen MR) is 60.0 cm³/mol. The van der Waals surface area contributed by atoms with Crippen molar-refractivity contribution >= 4 is 6.08 Å². The first-order valence-electron chi connectivity index (χ1n) is 5.62. The Labute approximate surface area is 103 Å². The molecule has 2 nitrogen and oxygen atoms in total. The second-order valence-electron chi connectivity index (χ2n) is 4.86. The van der Waals surface area contributed by atoms with Crippen molar-refractivity contribution in [2.45, 2.75) is 37.9 Å². The minimum absolute atomic E-state index is 0.349. The molecule has 1 aliphatic rings. The van der Waals surface area contributed by atoms with Gasteiger partial charge in [0.15, 0.2) is 0 Å². The van der Waals surface area contributed by atoms with Gasteiger partial charge in [-0.25, -0.2) is 4.79 Å². The molecule has 0 radical (unpaired) electrons. The van der Waals surface area contributed by atoms with Crippen molar-refractivity contribution in [3.8, 4) is 0 Å². The van der Waals surface area contributed by atoms with E-state index in [0.29, 0.717) is 24.8 Å². The lowest BCUT2D eigenvalue weighted by atomic mass is 9.79. The summed E-state index contributed by atoms with van der Waals surface area (Å²) in [6, 6.07) is 3.78. The van der Waals surface area contributed by atoms with Crippen LogP contribution in [0.15, 0.2) is 23.2 Å². The van der Waals surface area contributed by atoms with Crippen LogP contribution in [0.2, 0.25) is 0 Å². The van der Waals surface area contributed by atoms with Gasteiger partial charge in [-0.05, 0) is 49.4 Å². The molecule has 0 fully saturated rings. The lowest BCUT2D eigenvalue weighted by molar-refractivity contribution is -0.137. The van der Waals surface area contributed by atoms with E-state index in [2.05, 4.69) is 4.99 Å². The van der Waals surface area contributed by atoms with Gasteiger partial charge in [0.25, 0.3) is 0 Å². The van der Waals surface area contributed by atoms with Gasteiger partial charge in [-0.3, -0.25) is 0 Å². The van der Waals surface area contributed by atoms with Crippen molar-refractivity contribution < 1.29 is 18.0 Å².